The first-order chi connectivity index (χ1) is 11.7. The van der Waals surface area contributed by atoms with Gasteiger partial charge in [0, 0.05) is 13.1 Å². The molecule has 7 nitrogen and oxygen atoms in total. The van der Waals surface area contributed by atoms with Crippen LogP contribution in [0.15, 0.2) is 41.0 Å². The van der Waals surface area contributed by atoms with Gasteiger partial charge in [0.2, 0.25) is 12.7 Å². The van der Waals surface area contributed by atoms with Gasteiger partial charge in [0.15, 0.2) is 17.3 Å². The zero-order valence-electron chi connectivity index (χ0n) is 12.9. The van der Waals surface area contributed by atoms with Crippen LogP contribution in [0.3, 0.4) is 0 Å². The van der Waals surface area contributed by atoms with Crippen LogP contribution in [0.1, 0.15) is 22.5 Å². The second kappa shape index (κ2) is 5.92. The Hall–Kier alpha value is -2.96. The van der Waals surface area contributed by atoms with Crippen molar-refractivity contribution in [2.24, 2.45) is 0 Å². The Kier molecular flexibility index (Phi) is 3.60. The van der Waals surface area contributed by atoms with Gasteiger partial charge in [-0.2, -0.15) is 0 Å². The molecule has 0 spiro atoms. The number of carbonyl (C=O) groups excluding carboxylic acids is 2. The molecule has 2 aliphatic heterocycles. The van der Waals surface area contributed by atoms with Gasteiger partial charge < -0.3 is 13.9 Å². The van der Waals surface area contributed by atoms with Gasteiger partial charge in [-0.3, -0.25) is 14.6 Å². The van der Waals surface area contributed by atoms with Crippen molar-refractivity contribution in [2.75, 3.05) is 19.9 Å². The van der Waals surface area contributed by atoms with Crippen LogP contribution in [0.25, 0.3) is 0 Å². The van der Waals surface area contributed by atoms with E-state index in [0.717, 1.165) is 12.0 Å². The van der Waals surface area contributed by atoms with E-state index >= 15 is 0 Å². The summed E-state index contributed by atoms with van der Waals surface area (Å²) >= 11 is 0. The first kappa shape index (κ1) is 14.6. The summed E-state index contributed by atoms with van der Waals surface area (Å²) in [4.78, 5) is 25.1. The Bertz CT molecular complexity index is 771. The Morgan fingerprint density at radius 2 is 1.88 bits per heavy atom. The van der Waals surface area contributed by atoms with E-state index in [1.54, 1.807) is 24.3 Å². The maximum absolute atomic E-state index is 12.6. The average molecular weight is 328 g/mol. The molecule has 7 heteroatoms. The lowest BCUT2D eigenvalue weighted by Crippen LogP contribution is -2.45. The van der Waals surface area contributed by atoms with Gasteiger partial charge in [0.25, 0.3) is 0 Å². The highest BCUT2D eigenvalue weighted by Gasteiger charge is 2.32. The number of fused-ring (bicyclic) bond motifs is 1. The van der Waals surface area contributed by atoms with Crippen molar-refractivity contribution in [3.05, 3.63) is 47.9 Å². The molecule has 2 aromatic rings. The molecule has 0 aliphatic carbocycles. The van der Waals surface area contributed by atoms with Crippen molar-refractivity contribution in [2.45, 2.75) is 12.8 Å². The minimum atomic E-state index is -0.295. The van der Waals surface area contributed by atoms with Crippen LogP contribution in [-0.2, 0) is 11.2 Å². The molecule has 3 heterocycles. The number of hydrogen-bond donors (Lipinski definition) is 0. The standard InChI is InChI=1S/C17H16N2O5/c20-16(10-12-4-5-13-15(9-12)24-11-23-13)18-6-2-7-19(18)17(21)14-3-1-8-22-14/h1,3-5,8-9H,2,6-7,10-11H2. The summed E-state index contributed by atoms with van der Waals surface area (Å²) in [5.41, 5.74) is 0.821. The van der Waals surface area contributed by atoms with E-state index in [1.807, 2.05) is 6.07 Å². The van der Waals surface area contributed by atoms with E-state index in [4.69, 9.17) is 13.9 Å². The molecule has 0 saturated carbocycles. The predicted molar refractivity (Wildman–Crippen MR) is 82.3 cm³/mol. The summed E-state index contributed by atoms with van der Waals surface area (Å²) in [5.74, 6) is 1.13. The van der Waals surface area contributed by atoms with Crippen molar-refractivity contribution in [1.29, 1.82) is 0 Å². The molecule has 24 heavy (non-hydrogen) atoms. The van der Waals surface area contributed by atoms with E-state index in [1.165, 1.54) is 16.3 Å². The smallest absolute Gasteiger partial charge is 0.308 e. The maximum Gasteiger partial charge on any atom is 0.308 e. The number of amides is 2. The molecule has 2 aliphatic rings. The van der Waals surface area contributed by atoms with Crippen molar-refractivity contribution >= 4 is 11.8 Å². The Morgan fingerprint density at radius 1 is 1.04 bits per heavy atom. The highest BCUT2D eigenvalue weighted by Crippen LogP contribution is 2.32. The lowest BCUT2D eigenvalue weighted by atomic mass is 10.1. The third-order valence-corrected chi connectivity index (χ3v) is 4.08. The summed E-state index contributed by atoms with van der Waals surface area (Å²) < 4.78 is 15.7. The van der Waals surface area contributed by atoms with E-state index in [0.29, 0.717) is 24.6 Å². The van der Waals surface area contributed by atoms with Gasteiger partial charge >= 0.3 is 5.91 Å². The van der Waals surface area contributed by atoms with Crippen LogP contribution in [0, 0.1) is 0 Å². The number of benzene rings is 1. The molecule has 4 rings (SSSR count). The molecule has 0 radical (unpaired) electrons. The lowest BCUT2D eigenvalue weighted by Gasteiger charge is -2.27. The minimum Gasteiger partial charge on any atom is -0.459 e. The summed E-state index contributed by atoms with van der Waals surface area (Å²) in [6, 6.07) is 8.68. The number of furan rings is 1. The second-order valence-corrected chi connectivity index (χ2v) is 5.64. The normalized spacial score (nSPS) is 15.8. The molecule has 0 N–H and O–H groups in total. The van der Waals surface area contributed by atoms with Crippen LogP contribution in [0.2, 0.25) is 0 Å². The summed E-state index contributed by atoms with van der Waals surface area (Å²) in [6.07, 6.45) is 2.39. The van der Waals surface area contributed by atoms with E-state index in [-0.39, 0.29) is 30.8 Å². The van der Waals surface area contributed by atoms with Crippen molar-refractivity contribution in [1.82, 2.24) is 10.0 Å². The average Bonchev–Trinajstić information content (AvgIpc) is 3.33. The highest BCUT2D eigenvalue weighted by molar-refractivity contribution is 5.93. The number of rotatable bonds is 3. The van der Waals surface area contributed by atoms with E-state index < -0.39 is 0 Å². The molecule has 0 unspecified atom stereocenters. The Morgan fingerprint density at radius 3 is 2.71 bits per heavy atom. The van der Waals surface area contributed by atoms with Gasteiger partial charge in [0.1, 0.15) is 0 Å². The fourth-order valence-electron chi connectivity index (χ4n) is 2.93. The van der Waals surface area contributed by atoms with Crippen molar-refractivity contribution in [3.8, 4) is 11.5 Å². The summed E-state index contributed by atoms with van der Waals surface area (Å²) in [6.45, 7) is 1.23. The molecule has 2 amide bonds. The summed E-state index contributed by atoms with van der Waals surface area (Å²) in [5, 5.41) is 2.95. The first-order valence-corrected chi connectivity index (χ1v) is 7.76. The molecule has 0 atom stereocenters. The van der Waals surface area contributed by atoms with Crippen LogP contribution >= 0.6 is 0 Å². The van der Waals surface area contributed by atoms with Crippen molar-refractivity contribution in [3.63, 3.8) is 0 Å². The van der Waals surface area contributed by atoms with Crippen LogP contribution in [0.4, 0.5) is 0 Å². The minimum absolute atomic E-state index is 0.133. The molecule has 0 bridgehead atoms. The quantitative estimate of drug-likeness (QED) is 0.860. The van der Waals surface area contributed by atoms with Crippen LogP contribution in [-0.4, -0.2) is 41.7 Å². The lowest BCUT2D eigenvalue weighted by molar-refractivity contribution is -0.139. The third-order valence-electron chi connectivity index (χ3n) is 4.08. The number of ether oxygens (including phenoxy) is 2. The second-order valence-electron chi connectivity index (χ2n) is 5.64. The molecule has 124 valence electrons. The molecular formula is C17H16N2O5. The van der Waals surface area contributed by atoms with Gasteiger partial charge in [0.05, 0.1) is 12.7 Å². The van der Waals surface area contributed by atoms with Crippen LogP contribution in [0.5, 0.6) is 11.5 Å². The predicted octanol–water partition coefficient (Wildman–Crippen LogP) is 1.84. The number of hydrogen-bond acceptors (Lipinski definition) is 5. The first-order valence-electron chi connectivity index (χ1n) is 7.76. The monoisotopic (exact) mass is 328 g/mol. The van der Waals surface area contributed by atoms with Gasteiger partial charge in [-0.1, -0.05) is 6.07 Å². The third kappa shape index (κ3) is 2.58. The van der Waals surface area contributed by atoms with Gasteiger partial charge in [-0.05, 0) is 36.2 Å². The zero-order valence-corrected chi connectivity index (χ0v) is 12.9. The number of nitrogens with zero attached hydrogens (tertiary/aromatic N) is 2. The molecule has 1 fully saturated rings. The van der Waals surface area contributed by atoms with Gasteiger partial charge in [-0.15, -0.1) is 0 Å². The Labute approximate surface area is 138 Å². The van der Waals surface area contributed by atoms with Gasteiger partial charge in [-0.25, -0.2) is 5.01 Å². The Balaban J connectivity index is 1.48. The zero-order chi connectivity index (χ0) is 16.5. The highest BCUT2D eigenvalue weighted by atomic mass is 16.7. The SMILES string of the molecule is O=C(Cc1ccc2c(c1)OCO2)N1CCCN1C(=O)c1ccco1. The van der Waals surface area contributed by atoms with Crippen LogP contribution < -0.4 is 9.47 Å². The molecule has 1 aromatic carbocycles. The largest absolute Gasteiger partial charge is 0.459 e. The maximum atomic E-state index is 12.6. The molecule has 1 saturated heterocycles. The number of carbonyl (C=O) groups is 2. The fourth-order valence-corrected chi connectivity index (χ4v) is 2.93. The van der Waals surface area contributed by atoms with E-state index in [9.17, 15) is 9.59 Å². The van der Waals surface area contributed by atoms with E-state index in [2.05, 4.69) is 0 Å². The topological polar surface area (TPSA) is 72.2 Å². The molecule has 1 aromatic heterocycles. The summed E-state index contributed by atoms with van der Waals surface area (Å²) in [7, 11) is 0. The molecular weight excluding hydrogens is 312 g/mol. The number of hydrazine groups is 1. The fraction of sp³-hybridized carbons (Fsp3) is 0.294. The van der Waals surface area contributed by atoms with Crippen molar-refractivity contribution < 1.29 is 23.5 Å².